The van der Waals surface area contributed by atoms with Crippen LogP contribution >= 0.6 is 0 Å². The molecule has 0 radical (unpaired) electrons. The normalized spacial score (nSPS) is 10.8. The summed E-state index contributed by atoms with van der Waals surface area (Å²) < 4.78 is 7.89. The highest BCUT2D eigenvalue weighted by molar-refractivity contribution is 5.84. The average Bonchev–Trinajstić information content (AvgIpc) is 3.17. The van der Waals surface area contributed by atoms with Gasteiger partial charge in [-0.1, -0.05) is 12.1 Å². The number of aliphatic hydroxyl groups excluding tert-OH is 1. The van der Waals surface area contributed by atoms with Crippen LogP contribution in [0.1, 0.15) is 6.92 Å². The zero-order valence-corrected chi connectivity index (χ0v) is 18.0. The van der Waals surface area contributed by atoms with E-state index in [-0.39, 0.29) is 6.61 Å². The Hall–Kier alpha value is -3.91. The third-order valence-corrected chi connectivity index (χ3v) is 5.24. The van der Waals surface area contributed by atoms with Gasteiger partial charge in [0.05, 0.1) is 29.9 Å². The standard InChI is InChI=1S/C24H25N5O3/c1-3-28(17-31)22-9-6-14-25-23(22)27(2)18-10-12-19(13-11-18)32-24-26-20-7-4-5-8-21(20)29(24)15-16-30/h4-14,17,30H,3,15-16H2,1-2H3. The molecule has 164 valence electrons. The Morgan fingerprint density at radius 3 is 2.59 bits per heavy atom. The molecular formula is C24H25N5O3. The van der Waals surface area contributed by atoms with Crippen molar-refractivity contribution in [3.8, 4) is 11.8 Å². The molecule has 0 spiro atoms. The molecule has 1 N–H and O–H groups in total. The number of ether oxygens (including phenoxy) is 1. The lowest BCUT2D eigenvalue weighted by Gasteiger charge is -2.25. The number of carbonyl (C=O) groups is 1. The number of rotatable bonds is 9. The second-order valence-electron chi connectivity index (χ2n) is 7.15. The van der Waals surface area contributed by atoms with Gasteiger partial charge in [-0.25, -0.2) is 4.98 Å². The van der Waals surface area contributed by atoms with Crippen molar-refractivity contribution in [1.29, 1.82) is 0 Å². The van der Waals surface area contributed by atoms with Gasteiger partial charge in [-0.15, -0.1) is 0 Å². The first-order chi connectivity index (χ1) is 15.7. The second-order valence-corrected chi connectivity index (χ2v) is 7.15. The SMILES string of the molecule is CCN(C=O)c1cccnc1N(C)c1ccc(Oc2nc3ccccc3n2CCO)cc1. The fourth-order valence-corrected chi connectivity index (χ4v) is 3.59. The van der Waals surface area contributed by atoms with Gasteiger partial charge in [0.1, 0.15) is 5.75 Å². The quantitative estimate of drug-likeness (QED) is 0.404. The molecule has 0 atom stereocenters. The first-order valence-corrected chi connectivity index (χ1v) is 10.4. The Labute approximate surface area is 186 Å². The predicted octanol–water partition coefficient (Wildman–Crippen LogP) is 3.97. The van der Waals surface area contributed by atoms with Gasteiger partial charge in [0.25, 0.3) is 0 Å². The largest absolute Gasteiger partial charge is 0.425 e. The molecule has 2 heterocycles. The van der Waals surface area contributed by atoms with Crippen LogP contribution in [0.15, 0.2) is 66.9 Å². The Morgan fingerprint density at radius 2 is 1.88 bits per heavy atom. The van der Waals surface area contributed by atoms with Gasteiger partial charge >= 0.3 is 6.01 Å². The Morgan fingerprint density at radius 1 is 1.09 bits per heavy atom. The second kappa shape index (κ2) is 9.49. The summed E-state index contributed by atoms with van der Waals surface area (Å²) in [4.78, 5) is 24.0. The maximum absolute atomic E-state index is 11.4. The number of aromatic nitrogens is 3. The van der Waals surface area contributed by atoms with Crippen molar-refractivity contribution in [3.05, 3.63) is 66.9 Å². The molecule has 8 nitrogen and oxygen atoms in total. The Balaban J connectivity index is 1.59. The maximum Gasteiger partial charge on any atom is 0.303 e. The van der Waals surface area contributed by atoms with E-state index in [0.717, 1.165) is 28.8 Å². The van der Waals surface area contributed by atoms with Crippen LogP contribution in [-0.4, -0.2) is 46.3 Å². The lowest BCUT2D eigenvalue weighted by Crippen LogP contribution is -2.23. The predicted molar refractivity (Wildman–Crippen MR) is 125 cm³/mol. The number of hydrogen-bond donors (Lipinski definition) is 1. The molecule has 4 rings (SSSR count). The fraction of sp³-hybridized carbons (Fsp3) is 0.208. The highest BCUT2D eigenvalue weighted by Gasteiger charge is 2.16. The van der Waals surface area contributed by atoms with Gasteiger partial charge in [-0.2, -0.15) is 4.98 Å². The van der Waals surface area contributed by atoms with Gasteiger partial charge in [-0.05, 0) is 55.5 Å². The Kier molecular flexibility index (Phi) is 6.32. The highest BCUT2D eigenvalue weighted by Crippen LogP contribution is 2.32. The minimum Gasteiger partial charge on any atom is -0.425 e. The van der Waals surface area contributed by atoms with Crippen molar-refractivity contribution in [2.75, 3.05) is 30.0 Å². The highest BCUT2D eigenvalue weighted by atomic mass is 16.5. The van der Waals surface area contributed by atoms with Crippen molar-refractivity contribution in [2.24, 2.45) is 0 Å². The summed E-state index contributed by atoms with van der Waals surface area (Å²) in [5.41, 5.74) is 3.35. The molecule has 0 aliphatic heterocycles. The van der Waals surface area contributed by atoms with Crippen molar-refractivity contribution in [3.63, 3.8) is 0 Å². The van der Waals surface area contributed by atoms with Crippen molar-refractivity contribution in [2.45, 2.75) is 13.5 Å². The van der Waals surface area contributed by atoms with Crippen molar-refractivity contribution >= 4 is 34.6 Å². The summed E-state index contributed by atoms with van der Waals surface area (Å²) in [6.45, 7) is 2.85. The van der Waals surface area contributed by atoms with E-state index in [9.17, 15) is 9.90 Å². The van der Waals surface area contributed by atoms with E-state index in [1.807, 2.05) is 84.1 Å². The van der Waals surface area contributed by atoms with Crippen molar-refractivity contribution < 1.29 is 14.6 Å². The minimum atomic E-state index is -0.0115. The van der Waals surface area contributed by atoms with Crippen LogP contribution in [0.25, 0.3) is 11.0 Å². The Bertz CT molecular complexity index is 1210. The fourth-order valence-electron chi connectivity index (χ4n) is 3.59. The van der Waals surface area contributed by atoms with Gasteiger partial charge in [0.15, 0.2) is 5.82 Å². The molecule has 0 unspecified atom stereocenters. The van der Waals surface area contributed by atoms with Gasteiger partial charge in [0, 0.05) is 25.5 Å². The summed E-state index contributed by atoms with van der Waals surface area (Å²) >= 11 is 0. The van der Waals surface area contributed by atoms with E-state index in [1.165, 1.54) is 0 Å². The van der Waals surface area contributed by atoms with Crippen LogP contribution in [0.5, 0.6) is 11.8 Å². The minimum absolute atomic E-state index is 0.0115. The molecule has 4 aromatic rings. The zero-order valence-electron chi connectivity index (χ0n) is 18.0. The first kappa shape index (κ1) is 21.3. The molecule has 8 heteroatoms. The zero-order chi connectivity index (χ0) is 22.5. The number of anilines is 3. The molecule has 1 amide bonds. The molecule has 32 heavy (non-hydrogen) atoms. The smallest absolute Gasteiger partial charge is 0.303 e. The van der Waals surface area contributed by atoms with E-state index in [4.69, 9.17) is 4.74 Å². The van der Waals surface area contributed by atoms with E-state index in [0.29, 0.717) is 30.7 Å². The van der Waals surface area contributed by atoms with Gasteiger partial charge < -0.3 is 19.6 Å². The number of amides is 1. The average molecular weight is 431 g/mol. The van der Waals surface area contributed by atoms with E-state index < -0.39 is 0 Å². The van der Waals surface area contributed by atoms with Crippen LogP contribution in [0, 0.1) is 0 Å². The van der Waals surface area contributed by atoms with Crippen LogP contribution in [-0.2, 0) is 11.3 Å². The number of imidazole rings is 1. The van der Waals surface area contributed by atoms with E-state index in [1.54, 1.807) is 11.1 Å². The third kappa shape index (κ3) is 4.13. The first-order valence-electron chi connectivity index (χ1n) is 10.4. The molecule has 0 saturated heterocycles. The van der Waals surface area contributed by atoms with Gasteiger partial charge in [0.2, 0.25) is 6.41 Å². The number of nitrogens with zero attached hydrogens (tertiary/aromatic N) is 5. The van der Waals surface area contributed by atoms with Crippen LogP contribution in [0.2, 0.25) is 0 Å². The summed E-state index contributed by atoms with van der Waals surface area (Å²) in [7, 11) is 1.90. The van der Waals surface area contributed by atoms with Gasteiger partial charge in [-0.3, -0.25) is 9.36 Å². The maximum atomic E-state index is 11.4. The molecule has 0 bridgehead atoms. The number of carbonyl (C=O) groups excluding carboxylic acids is 1. The molecule has 0 saturated carbocycles. The molecule has 2 aromatic heterocycles. The molecule has 2 aromatic carbocycles. The summed E-state index contributed by atoms with van der Waals surface area (Å²) in [6.07, 6.45) is 2.51. The number of aliphatic hydroxyl groups is 1. The van der Waals surface area contributed by atoms with E-state index >= 15 is 0 Å². The molecule has 0 fully saturated rings. The summed E-state index contributed by atoms with van der Waals surface area (Å²) in [5, 5.41) is 9.45. The van der Waals surface area contributed by atoms with Crippen LogP contribution in [0.3, 0.4) is 0 Å². The number of fused-ring (bicyclic) bond motifs is 1. The van der Waals surface area contributed by atoms with Crippen LogP contribution < -0.4 is 14.5 Å². The van der Waals surface area contributed by atoms with E-state index in [2.05, 4.69) is 9.97 Å². The number of hydrogen-bond acceptors (Lipinski definition) is 6. The lowest BCUT2D eigenvalue weighted by molar-refractivity contribution is -0.107. The topological polar surface area (TPSA) is 83.7 Å². The number of benzene rings is 2. The monoisotopic (exact) mass is 431 g/mol. The summed E-state index contributed by atoms with van der Waals surface area (Å²) in [5.74, 6) is 1.31. The third-order valence-electron chi connectivity index (χ3n) is 5.24. The molecule has 0 aliphatic rings. The summed E-state index contributed by atoms with van der Waals surface area (Å²) in [6, 6.07) is 19.4. The molecular weight excluding hydrogens is 406 g/mol. The molecule has 0 aliphatic carbocycles. The van der Waals surface area contributed by atoms with Crippen molar-refractivity contribution in [1.82, 2.24) is 14.5 Å². The lowest BCUT2D eigenvalue weighted by atomic mass is 10.2. The number of pyridine rings is 1. The van der Waals surface area contributed by atoms with Crippen LogP contribution in [0.4, 0.5) is 17.2 Å². The number of para-hydroxylation sites is 2.